The highest BCUT2D eigenvalue weighted by molar-refractivity contribution is 5.95. The summed E-state index contributed by atoms with van der Waals surface area (Å²) in [6, 6.07) is 7.41. The molecule has 23 heavy (non-hydrogen) atoms. The van der Waals surface area contributed by atoms with Gasteiger partial charge in [-0.3, -0.25) is 14.4 Å². The van der Waals surface area contributed by atoms with E-state index in [1.54, 1.807) is 6.07 Å². The van der Waals surface area contributed by atoms with E-state index in [4.69, 9.17) is 0 Å². The van der Waals surface area contributed by atoms with Gasteiger partial charge >= 0.3 is 0 Å². The Morgan fingerprint density at radius 1 is 1.17 bits per heavy atom. The molecular formula is C17H25N3O3. The largest absolute Gasteiger partial charge is 0.345 e. The van der Waals surface area contributed by atoms with E-state index in [1.807, 2.05) is 39.0 Å². The molecule has 0 aromatic heterocycles. The van der Waals surface area contributed by atoms with E-state index in [9.17, 15) is 14.4 Å². The first-order chi connectivity index (χ1) is 10.8. The summed E-state index contributed by atoms with van der Waals surface area (Å²) in [5, 5.41) is 5.24. The van der Waals surface area contributed by atoms with E-state index in [0.29, 0.717) is 12.2 Å². The van der Waals surface area contributed by atoms with E-state index in [1.165, 1.54) is 11.8 Å². The van der Waals surface area contributed by atoms with Crippen molar-refractivity contribution in [3.63, 3.8) is 0 Å². The topological polar surface area (TPSA) is 78.5 Å². The van der Waals surface area contributed by atoms with Crippen LogP contribution in [0.15, 0.2) is 24.3 Å². The van der Waals surface area contributed by atoms with E-state index in [-0.39, 0.29) is 36.7 Å². The van der Waals surface area contributed by atoms with Gasteiger partial charge in [0, 0.05) is 19.2 Å². The fraction of sp³-hybridized carbons (Fsp3) is 0.471. The molecule has 1 aromatic carbocycles. The average Bonchev–Trinajstić information content (AvgIpc) is 2.44. The minimum atomic E-state index is -0.347. The van der Waals surface area contributed by atoms with Crippen LogP contribution in [-0.2, 0) is 14.4 Å². The Balaban J connectivity index is 2.42. The van der Waals surface area contributed by atoms with Crippen molar-refractivity contribution >= 4 is 23.4 Å². The summed E-state index contributed by atoms with van der Waals surface area (Å²) in [5.41, 5.74) is 1.73. The third-order valence-electron chi connectivity index (χ3n) is 3.11. The molecule has 0 aliphatic rings. The highest BCUT2D eigenvalue weighted by atomic mass is 16.2. The summed E-state index contributed by atoms with van der Waals surface area (Å²) < 4.78 is 0. The molecule has 3 amide bonds. The molecule has 0 atom stereocenters. The van der Waals surface area contributed by atoms with Crippen molar-refractivity contribution < 1.29 is 14.4 Å². The molecule has 0 radical (unpaired) electrons. The lowest BCUT2D eigenvalue weighted by Gasteiger charge is -2.22. The van der Waals surface area contributed by atoms with Gasteiger partial charge in [0.05, 0.1) is 13.1 Å². The second-order valence-electron chi connectivity index (χ2n) is 5.99. The molecule has 0 spiro atoms. The molecule has 0 saturated heterocycles. The molecule has 0 aliphatic carbocycles. The number of amides is 3. The van der Waals surface area contributed by atoms with E-state index < -0.39 is 0 Å². The minimum absolute atomic E-state index is 0.0365. The molecule has 1 aromatic rings. The van der Waals surface area contributed by atoms with E-state index >= 15 is 0 Å². The van der Waals surface area contributed by atoms with Crippen LogP contribution in [0.1, 0.15) is 26.3 Å². The highest BCUT2D eigenvalue weighted by Crippen LogP contribution is 2.08. The molecule has 0 unspecified atom stereocenters. The first-order valence-corrected chi connectivity index (χ1v) is 7.66. The smallest absolute Gasteiger partial charge is 0.243 e. The molecule has 6 heteroatoms. The number of hydrogen-bond donors (Lipinski definition) is 2. The summed E-state index contributed by atoms with van der Waals surface area (Å²) in [4.78, 5) is 36.6. The maximum Gasteiger partial charge on any atom is 0.243 e. The quantitative estimate of drug-likeness (QED) is 0.800. The number of carbonyl (C=O) groups excluding carboxylic acids is 3. The van der Waals surface area contributed by atoms with Gasteiger partial charge in [-0.05, 0) is 30.5 Å². The van der Waals surface area contributed by atoms with Crippen molar-refractivity contribution in [2.24, 2.45) is 5.92 Å². The van der Waals surface area contributed by atoms with Crippen molar-refractivity contribution in [2.75, 3.05) is 25.0 Å². The standard InChI is InChI=1S/C17H25N3O3/c1-12(2)10-20(14(4)21)11-17(23)18-9-16(22)19-15-7-5-6-13(3)8-15/h5-8,12H,9-11H2,1-4H3,(H,18,23)(H,19,22). The Bertz CT molecular complexity index is 570. The molecule has 1 rings (SSSR count). The molecule has 0 heterocycles. The number of anilines is 1. The summed E-state index contributed by atoms with van der Waals surface area (Å²) in [5.74, 6) is -0.531. The number of nitrogens with zero attached hydrogens (tertiary/aromatic N) is 1. The summed E-state index contributed by atoms with van der Waals surface area (Å²) in [6.45, 7) is 7.67. The highest BCUT2D eigenvalue weighted by Gasteiger charge is 2.15. The predicted octanol–water partition coefficient (Wildman–Crippen LogP) is 1.55. The monoisotopic (exact) mass is 319 g/mol. The van der Waals surface area contributed by atoms with Gasteiger partial charge in [-0.15, -0.1) is 0 Å². The number of hydrogen-bond acceptors (Lipinski definition) is 3. The van der Waals surface area contributed by atoms with Crippen molar-refractivity contribution in [3.8, 4) is 0 Å². The lowest BCUT2D eigenvalue weighted by molar-refractivity contribution is -0.135. The average molecular weight is 319 g/mol. The Morgan fingerprint density at radius 2 is 1.87 bits per heavy atom. The molecule has 2 N–H and O–H groups in total. The minimum Gasteiger partial charge on any atom is -0.345 e. The summed E-state index contributed by atoms with van der Waals surface area (Å²) in [7, 11) is 0. The fourth-order valence-electron chi connectivity index (χ4n) is 2.08. The lowest BCUT2D eigenvalue weighted by atomic mass is 10.2. The van der Waals surface area contributed by atoms with Crippen LogP contribution in [0, 0.1) is 12.8 Å². The second kappa shape index (κ2) is 8.92. The fourth-order valence-corrected chi connectivity index (χ4v) is 2.08. The first-order valence-electron chi connectivity index (χ1n) is 7.66. The van der Waals surface area contributed by atoms with Crippen LogP contribution in [0.5, 0.6) is 0 Å². The number of rotatable bonds is 7. The van der Waals surface area contributed by atoms with Crippen molar-refractivity contribution in [3.05, 3.63) is 29.8 Å². The zero-order valence-electron chi connectivity index (χ0n) is 14.2. The zero-order valence-corrected chi connectivity index (χ0v) is 14.2. The van der Waals surface area contributed by atoms with Crippen molar-refractivity contribution in [2.45, 2.75) is 27.7 Å². The lowest BCUT2D eigenvalue weighted by Crippen LogP contribution is -2.43. The number of aryl methyl sites for hydroxylation is 1. The molecule has 0 bridgehead atoms. The third kappa shape index (κ3) is 7.44. The maximum absolute atomic E-state index is 11.9. The Morgan fingerprint density at radius 3 is 2.43 bits per heavy atom. The van der Waals surface area contributed by atoms with Gasteiger partial charge in [0.2, 0.25) is 17.7 Å². The van der Waals surface area contributed by atoms with E-state index in [0.717, 1.165) is 5.56 Å². The van der Waals surface area contributed by atoms with Gasteiger partial charge in [0.25, 0.3) is 0 Å². The SMILES string of the molecule is CC(=O)N(CC(=O)NCC(=O)Nc1cccc(C)c1)CC(C)C. The third-order valence-corrected chi connectivity index (χ3v) is 3.11. The number of nitrogens with one attached hydrogen (secondary N) is 2. The van der Waals surface area contributed by atoms with Gasteiger partial charge in [-0.1, -0.05) is 26.0 Å². The molecular weight excluding hydrogens is 294 g/mol. The van der Waals surface area contributed by atoms with Crippen LogP contribution in [-0.4, -0.2) is 42.3 Å². The number of carbonyl (C=O) groups is 3. The predicted molar refractivity (Wildman–Crippen MR) is 89.9 cm³/mol. The van der Waals surface area contributed by atoms with Crippen LogP contribution >= 0.6 is 0 Å². The van der Waals surface area contributed by atoms with Crippen LogP contribution in [0.4, 0.5) is 5.69 Å². The Hall–Kier alpha value is -2.37. The molecule has 0 fully saturated rings. The van der Waals surface area contributed by atoms with Crippen LogP contribution in [0.3, 0.4) is 0 Å². The summed E-state index contributed by atoms with van der Waals surface area (Å²) in [6.07, 6.45) is 0. The van der Waals surface area contributed by atoms with Gasteiger partial charge in [-0.25, -0.2) is 0 Å². The van der Waals surface area contributed by atoms with Crippen molar-refractivity contribution in [1.29, 1.82) is 0 Å². The summed E-state index contributed by atoms with van der Waals surface area (Å²) >= 11 is 0. The van der Waals surface area contributed by atoms with Gasteiger partial charge in [0.15, 0.2) is 0 Å². The van der Waals surface area contributed by atoms with E-state index in [2.05, 4.69) is 10.6 Å². The maximum atomic E-state index is 11.9. The Kier molecular flexibility index (Phi) is 7.25. The Labute approximate surface area is 137 Å². The molecule has 0 saturated carbocycles. The van der Waals surface area contributed by atoms with Crippen LogP contribution in [0.2, 0.25) is 0 Å². The van der Waals surface area contributed by atoms with Crippen LogP contribution in [0.25, 0.3) is 0 Å². The van der Waals surface area contributed by atoms with Gasteiger partial charge < -0.3 is 15.5 Å². The second-order valence-corrected chi connectivity index (χ2v) is 5.99. The number of benzene rings is 1. The molecule has 0 aliphatic heterocycles. The van der Waals surface area contributed by atoms with Gasteiger partial charge in [-0.2, -0.15) is 0 Å². The first kappa shape index (κ1) is 18.7. The van der Waals surface area contributed by atoms with Crippen molar-refractivity contribution in [1.82, 2.24) is 10.2 Å². The molecule has 126 valence electrons. The van der Waals surface area contributed by atoms with Gasteiger partial charge in [0.1, 0.15) is 0 Å². The molecule has 6 nitrogen and oxygen atoms in total. The van der Waals surface area contributed by atoms with Crippen LogP contribution < -0.4 is 10.6 Å². The normalized spacial score (nSPS) is 10.3. The zero-order chi connectivity index (χ0) is 17.4.